The molecule has 0 aliphatic rings. The molecule has 0 aromatic rings. The maximum absolute atomic E-state index is 5.49. The first-order valence-corrected chi connectivity index (χ1v) is 6.61. The molecule has 74 valence electrons. The minimum Gasteiger partial charge on any atom is -0.357 e. The van der Waals surface area contributed by atoms with Gasteiger partial charge in [-0.25, -0.2) is 0 Å². The highest BCUT2D eigenvalue weighted by atomic mass is 28.2. The molecule has 0 rings (SSSR count). The second-order valence-electron chi connectivity index (χ2n) is 3.09. The van der Waals surface area contributed by atoms with E-state index >= 15 is 0 Å². The first-order chi connectivity index (χ1) is 5.74. The topological polar surface area (TPSA) is 18.5 Å². The Balaban J connectivity index is 3.61. The van der Waals surface area contributed by atoms with Crippen LogP contribution in [0, 0.1) is 0 Å². The molecule has 3 heteroatoms. The molecular formula is C9H22O2Si. The van der Waals surface area contributed by atoms with Crippen molar-refractivity contribution in [3.8, 4) is 0 Å². The van der Waals surface area contributed by atoms with Gasteiger partial charge < -0.3 is 9.47 Å². The lowest BCUT2D eigenvalue weighted by atomic mass is 10.4. The van der Waals surface area contributed by atoms with E-state index in [2.05, 4.69) is 13.8 Å². The molecule has 0 bridgehead atoms. The van der Waals surface area contributed by atoms with Crippen LogP contribution in [0.25, 0.3) is 0 Å². The van der Waals surface area contributed by atoms with E-state index in [4.69, 9.17) is 9.47 Å². The molecule has 1 atom stereocenters. The number of ether oxygens (including phenoxy) is 2. The van der Waals surface area contributed by atoms with Gasteiger partial charge in [-0.15, -0.1) is 0 Å². The Morgan fingerprint density at radius 2 is 1.58 bits per heavy atom. The number of hydrogen-bond donors (Lipinski definition) is 0. The molecular weight excluding hydrogens is 168 g/mol. The summed E-state index contributed by atoms with van der Waals surface area (Å²) in [6.45, 7) is 10.1. The Morgan fingerprint density at radius 3 is 1.92 bits per heavy atom. The molecule has 0 spiro atoms. The average Bonchev–Trinajstić information content (AvgIpc) is 2.05. The lowest BCUT2D eigenvalue weighted by molar-refractivity contribution is -0.0833. The van der Waals surface area contributed by atoms with E-state index in [0.717, 1.165) is 18.8 Å². The molecule has 0 fully saturated rings. The van der Waals surface area contributed by atoms with E-state index in [1.54, 1.807) is 0 Å². The lowest BCUT2D eigenvalue weighted by Gasteiger charge is -2.19. The second-order valence-corrected chi connectivity index (χ2v) is 5.62. The van der Waals surface area contributed by atoms with E-state index in [9.17, 15) is 0 Å². The largest absolute Gasteiger partial charge is 0.357 e. The molecule has 0 amide bonds. The fourth-order valence-corrected chi connectivity index (χ4v) is 2.79. The molecule has 2 nitrogen and oxygen atoms in total. The predicted octanol–water partition coefficient (Wildman–Crippen LogP) is 1.73. The normalized spacial score (nSPS) is 14.8. The van der Waals surface area contributed by atoms with Crippen molar-refractivity contribution in [2.45, 2.75) is 45.6 Å². The maximum Gasteiger partial charge on any atom is 0.135 e. The summed E-state index contributed by atoms with van der Waals surface area (Å²) >= 11 is 0. The Bertz CT molecular complexity index is 92.5. The van der Waals surface area contributed by atoms with Crippen molar-refractivity contribution < 1.29 is 9.47 Å². The van der Waals surface area contributed by atoms with Gasteiger partial charge in [0.25, 0.3) is 0 Å². The van der Waals surface area contributed by atoms with Gasteiger partial charge >= 0.3 is 0 Å². The zero-order valence-corrected chi connectivity index (χ0v) is 10.2. The summed E-state index contributed by atoms with van der Waals surface area (Å²) in [6, 6.07) is 0. The zero-order valence-electron chi connectivity index (χ0n) is 8.80. The fourth-order valence-electron chi connectivity index (χ4n) is 1.05. The van der Waals surface area contributed by atoms with Gasteiger partial charge in [-0.05, 0) is 19.4 Å². The smallest absolute Gasteiger partial charge is 0.135 e. The first kappa shape index (κ1) is 12.1. The van der Waals surface area contributed by atoms with Crippen molar-refractivity contribution in [1.29, 1.82) is 0 Å². The van der Waals surface area contributed by atoms with Gasteiger partial charge in [0.15, 0.2) is 0 Å². The van der Waals surface area contributed by atoms with Crippen LogP contribution in [0.1, 0.15) is 34.1 Å². The molecule has 0 aliphatic carbocycles. The summed E-state index contributed by atoms with van der Waals surface area (Å²) in [5, 5.41) is 0. The standard InChI is InChI=1S/C9H22O2Si/c1-5-8(4)12-9(10-6-2)11-7-3/h8-9H,5-7,12H2,1-4H3. The Labute approximate surface area is 78.5 Å². The fraction of sp³-hybridized carbons (Fsp3) is 1.00. The summed E-state index contributed by atoms with van der Waals surface area (Å²) in [6.07, 6.45) is 1.25. The van der Waals surface area contributed by atoms with Crippen LogP contribution in [-0.2, 0) is 9.47 Å². The predicted molar refractivity (Wildman–Crippen MR) is 55.3 cm³/mol. The minimum atomic E-state index is -0.217. The van der Waals surface area contributed by atoms with E-state index in [0.29, 0.717) is 0 Å². The van der Waals surface area contributed by atoms with E-state index in [1.165, 1.54) is 6.42 Å². The molecule has 0 aromatic carbocycles. The van der Waals surface area contributed by atoms with Gasteiger partial charge in [0.1, 0.15) is 5.91 Å². The van der Waals surface area contributed by atoms with Crippen molar-refractivity contribution in [3.63, 3.8) is 0 Å². The summed E-state index contributed by atoms with van der Waals surface area (Å²) < 4.78 is 11.0. The van der Waals surface area contributed by atoms with Gasteiger partial charge in [-0.2, -0.15) is 0 Å². The molecule has 0 radical (unpaired) electrons. The van der Waals surface area contributed by atoms with Crippen LogP contribution in [-0.4, -0.2) is 28.6 Å². The third kappa shape index (κ3) is 5.74. The van der Waals surface area contributed by atoms with Crippen molar-refractivity contribution in [2.75, 3.05) is 13.2 Å². The summed E-state index contributed by atoms with van der Waals surface area (Å²) in [7, 11) is -0.217. The van der Waals surface area contributed by atoms with Gasteiger partial charge in [-0.3, -0.25) is 0 Å². The minimum absolute atomic E-state index is 0.148. The lowest BCUT2D eigenvalue weighted by Crippen LogP contribution is -2.26. The summed E-state index contributed by atoms with van der Waals surface area (Å²) in [5.41, 5.74) is 0.827. The highest BCUT2D eigenvalue weighted by molar-refractivity contribution is 6.38. The summed E-state index contributed by atoms with van der Waals surface area (Å²) in [4.78, 5) is 0. The van der Waals surface area contributed by atoms with Crippen LogP contribution < -0.4 is 0 Å². The van der Waals surface area contributed by atoms with Crippen molar-refractivity contribution >= 4 is 9.52 Å². The average molecular weight is 190 g/mol. The monoisotopic (exact) mass is 190 g/mol. The number of hydrogen-bond acceptors (Lipinski definition) is 2. The van der Waals surface area contributed by atoms with Gasteiger partial charge in [0.05, 0.1) is 9.52 Å². The second kappa shape index (κ2) is 7.77. The van der Waals surface area contributed by atoms with E-state index < -0.39 is 0 Å². The third-order valence-electron chi connectivity index (χ3n) is 2.00. The van der Waals surface area contributed by atoms with E-state index in [1.807, 2.05) is 13.8 Å². The molecule has 0 saturated heterocycles. The van der Waals surface area contributed by atoms with E-state index in [-0.39, 0.29) is 15.4 Å². The van der Waals surface area contributed by atoms with Crippen LogP contribution in [0.5, 0.6) is 0 Å². The van der Waals surface area contributed by atoms with Crippen LogP contribution in [0.3, 0.4) is 0 Å². The zero-order chi connectivity index (χ0) is 9.40. The van der Waals surface area contributed by atoms with Crippen LogP contribution in [0.15, 0.2) is 0 Å². The SMILES string of the molecule is CCOC(OCC)[SiH2]C(C)CC. The highest BCUT2D eigenvalue weighted by Gasteiger charge is 2.12. The van der Waals surface area contributed by atoms with Crippen molar-refractivity contribution in [1.82, 2.24) is 0 Å². The Kier molecular flexibility index (Phi) is 7.86. The van der Waals surface area contributed by atoms with Gasteiger partial charge in [0, 0.05) is 13.2 Å². The quantitative estimate of drug-likeness (QED) is 0.450. The van der Waals surface area contributed by atoms with Gasteiger partial charge in [0.2, 0.25) is 0 Å². The Morgan fingerprint density at radius 1 is 1.08 bits per heavy atom. The molecule has 0 saturated carbocycles. The highest BCUT2D eigenvalue weighted by Crippen LogP contribution is 2.10. The molecule has 0 aliphatic heterocycles. The number of rotatable bonds is 7. The van der Waals surface area contributed by atoms with Crippen LogP contribution >= 0.6 is 0 Å². The van der Waals surface area contributed by atoms with Crippen LogP contribution in [0.2, 0.25) is 5.54 Å². The third-order valence-corrected chi connectivity index (χ3v) is 4.24. The Hall–Kier alpha value is 0.137. The van der Waals surface area contributed by atoms with Crippen molar-refractivity contribution in [3.05, 3.63) is 0 Å². The van der Waals surface area contributed by atoms with Crippen molar-refractivity contribution in [2.24, 2.45) is 0 Å². The molecule has 1 unspecified atom stereocenters. The molecule has 12 heavy (non-hydrogen) atoms. The first-order valence-electron chi connectivity index (χ1n) is 4.97. The van der Waals surface area contributed by atoms with Gasteiger partial charge in [-0.1, -0.05) is 20.3 Å². The molecule has 0 aromatic heterocycles. The summed E-state index contributed by atoms with van der Waals surface area (Å²) in [5.74, 6) is 0.148. The maximum atomic E-state index is 5.49. The molecule has 0 heterocycles. The van der Waals surface area contributed by atoms with Crippen LogP contribution in [0.4, 0.5) is 0 Å². The molecule has 0 N–H and O–H groups in total.